The summed E-state index contributed by atoms with van der Waals surface area (Å²) >= 11 is 0. The summed E-state index contributed by atoms with van der Waals surface area (Å²) in [5.41, 5.74) is 6.63. The third kappa shape index (κ3) is 5.50. The number of carbonyl (C=O) groups excluding carboxylic acids is 1. The fourth-order valence-electron chi connectivity index (χ4n) is 1.68. The zero-order chi connectivity index (χ0) is 12.7. The second-order valence-corrected chi connectivity index (χ2v) is 4.78. The molecule has 3 N–H and O–H groups in total. The van der Waals surface area contributed by atoms with Gasteiger partial charge in [0, 0.05) is 0 Å². The molecule has 0 aliphatic rings. The minimum atomic E-state index is -0.262. The summed E-state index contributed by atoms with van der Waals surface area (Å²) < 4.78 is 0. The van der Waals surface area contributed by atoms with Gasteiger partial charge in [0.15, 0.2) is 0 Å². The molecule has 1 aromatic carbocycles. The highest BCUT2D eigenvalue weighted by Crippen LogP contribution is 2.05. The van der Waals surface area contributed by atoms with E-state index in [0.29, 0.717) is 5.92 Å². The highest BCUT2D eigenvalue weighted by molar-refractivity contribution is 5.79. The Balaban J connectivity index is 2.42. The molecule has 0 saturated carbocycles. The molecule has 0 saturated heterocycles. The van der Waals surface area contributed by atoms with Crippen molar-refractivity contribution in [3.05, 3.63) is 35.9 Å². The van der Waals surface area contributed by atoms with Crippen molar-refractivity contribution in [2.24, 2.45) is 11.7 Å². The standard InChI is InChI=1S/C14H22N2O/c1-11(2)10-16-13(14(15)17)9-8-12-6-4-3-5-7-12/h3-7,11,13,16H,8-10H2,1-2H3,(H2,15,17). The van der Waals surface area contributed by atoms with Crippen LogP contribution in [0.4, 0.5) is 0 Å². The SMILES string of the molecule is CC(C)CNC(CCc1ccccc1)C(N)=O. The lowest BCUT2D eigenvalue weighted by Crippen LogP contribution is -2.43. The first-order valence-electron chi connectivity index (χ1n) is 6.16. The van der Waals surface area contributed by atoms with E-state index in [2.05, 4.69) is 31.3 Å². The van der Waals surface area contributed by atoms with E-state index < -0.39 is 0 Å². The molecule has 0 radical (unpaired) electrons. The van der Waals surface area contributed by atoms with E-state index >= 15 is 0 Å². The van der Waals surface area contributed by atoms with Crippen molar-refractivity contribution in [3.8, 4) is 0 Å². The van der Waals surface area contributed by atoms with Crippen LogP contribution in [0.5, 0.6) is 0 Å². The summed E-state index contributed by atoms with van der Waals surface area (Å²) in [6, 6.07) is 9.93. The number of amides is 1. The van der Waals surface area contributed by atoms with Gasteiger partial charge in [0.2, 0.25) is 5.91 Å². The molecule has 17 heavy (non-hydrogen) atoms. The number of nitrogens with one attached hydrogen (secondary N) is 1. The number of primary amides is 1. The molecule has 0 aromatic heterocycles. The molecule has 1 rings (SSSR count). The molecule has 0 aliphatic carbocycles. The van der Waals surface area contributed by atoms with Gasteiger partial charge in [-0.2, -0.15) is 0 Å². The van der Waals surface area contributed by atoms with Gasteiger partial charge in [0.1, 0.15) is 0 Å². The van der Waals surface area contributed by atoms with E-state index in [4.69, 9.17) is 5.73 Å². The Labute approximate surface area is 103 Å². The smallest absolute Gasteiger partial charge is 0.234 e. The average molecular weight is 234 g/mol. The van der Waals surface area contributed by atoms with Crippen molar-refractivity contribution in [3.63, 3.8) is 0 Å². The van der Waals surface area contributed by atoms with Gasteiger partial charge in [-0.1, -0.05) is 44.2 Å². The molecule has 0 spiro atoms. The van der Waals surface area contributed by atoms with Crippen molar-refractivity contribution in [2.75, 3.05) is 6.54 Å². The van der Waals surface area contributed by atoms with E-state index in [0.717, 1.165) is 19.4 Å². The molecule has 0 bridgehead atoms. The highest BCUT2D eigenvalue weighted by atomic mass is 16.1. The van der Waals surface area contributed by atoms with E-state index in [1.807, 2.05) is 18.2 Å². The Hall–Kier alpha value is -1.35. The lowest BCUT2D eigenvalue weighted by molar-refractivity contribution is -0.120. The Kier molecular flexibility index (Phi) is 5.70. The summed E-state index contributed by atoms with van der Waals surface area (Å²) in [6.07, 6.45) is 1.63. The molecular weight excluding hydrogens is 212 g/mol. The zero-order valence-electron chi connectivity index (χ0n) is 10.6. The summed E-state index contributed by atoms with van der Waals surface area (Å²) in [5, 5.41) is 3.21. The van der Waals surface area contributed by atoms with Crippen LogP contribution in [-0.4, -0.2) is 18.5 Å². The highest BCUT2D eigenvalue weighted by Gasteiger charge is 2.14. The molecule has 1 amide bonds. The number of rotatable bonds is 7. The van der Waals surface area contributed by atoms with Gasteiger partial charge in [0.25, 0.3) is 0 Å². The first-order valence-corrected chi connectivity index (χ1v) is 6.16. The molecule has 1 aromatic rings. The van der Waals surface area contributed by atoms with Gasteiger partial charge in [-0.3, -0.25) is 4.79 Å². The molecular formula is C14H22N2O. The van der Waals surface area contributed by atoms with Crippen LogP contribution >= 0.6 is 0 Å². The van der Waals surface area contributed by atoms with Crippen molar-refractivity contribution >= 4 is 5.91 Å². The first-order chi connectivity index (χ1) is 8.09. The fourth-order valence-corrected chi connectivity index (χ4v) is 1.68. The summed E-state index contributed by atoms with van der Waals surface area (Å²) in [5.74, 6) is 0.259. The van der Waals surface area contributed by atoms with Gasteiger partial charge >= 0.3 is 0 Å². The van der Waals surface area contributed by atoms with Crippen molar-refractivity contribution < 1.29 is 4.79 Å². The van der Waals surface area contributed by atoms with Crippen LogP contribution in [0.3, 0.4) is 0 Å². The number of aryl methyl sites for hydroxylation is 1. The largest absolute Gasteiger partial charge is 0.368 e. The third-order valence-corrected chi connectivity index (χ3v) is 2.68. The van der Waals surface area contributed by atoms with Crippen LogP contribution in [0.2, 0.25) is 0 Å². The van der Waals surface area contributed by atoms with Crippen molar-refractivity contribution in [2.45, 2.75) is 32.7 Å². The lowest BCUT2D eigenvalue weighted by atomic mass is 10.0. The molecule has 3 nitrogen and oxygen atoms in total. The van der Waals surface area contributed by atoms with Crippen molar-refractivity contribution in [1.29, 1.82) is 0 Å². The number of nitrogens with two attached hydrogens (primary N) is 1. The van der Waals surface area contributed by atoms with Gasteiger partial charge in [-0.15, -0.1) is 0 Å². The topological polar surface area (TPSA) is 55.1 Å². The number of hydrogen-bond acceptors (Lipinski definition) is 2. The number of benzene rings is 1. The molecule has 0 fully saturated rings. The number of hydrogen-bond donors (Lipinski definition) is 2. The van der Waals surface area contributed by atoms with Crippen molar-refractivity contribution in [1.82, 2.24) is 5.32 Å². The zero-order valence-corrected chi connectivity index (χ0v) is 10.6. The minimum absolute atomic E-state index is 0.224. The van der Waals surface area contributed by atoms with Crippen LogP contribution in [-0.2, 0) is 11.2 Å². The molecule has 3 heteroatoms. The van der Waals surface area contributed by atoms with Crippen LogP contribution in [0.1, 0.15) is 25.8 Å². The predicted octanol–water partition coefficient (Wildman–Crippen LogP) is 1.72. The van der Waals surface area contributed by atoms with Crippen LogP contribution in [0.25, 0.3) is 0 Å². The van der Waals surface area contributed by atoms with Gasteiger partial charge in [-0.25, -0.2) is 0 Å². The average Bonchev–Trinajstić information content (AvgIpc) is 2.29. The minimum Gasteiger partial charge on any atom is -0.368 e. The van der Waals surface area contributed by atoms with Crippen LogP contribution in [0.15, 0.2) is 30.3 Å². The molecule has 1 atom stereocenters. The second kappa shape index (κ2) is 7.07. The van der Waals surface area contributed by atoms with E-state index in [1.165, 1.54) is 5.56 Å². The van der Waals surface area contributed by atoms with Gasteiger partial charge < -0.3 is 11.1 Å². The third-order valence-electron chi connectivity index (χ3n) is 2.68. The predicted molar refractivity (Wildman–Crippen MR) is 70.6 cm³/mol. The number of carbonyl (C=O) groups is 1. The van der Waals surface area contributed by atoms with Crippen LogP contribution < -0.4 is 11.1 Å². The van der Waals surface area contributed by atoms with E-state index in [1.54, 1.807) is 0 Å². The van der Waals surface area contributed by atoms with E-state index in [-0.39, 0.29) is 11.9 Å². The molecule has 0 heterocycles. The quantitative estimate of drug-likeness (QED) is 0.754. The van der Waals surface area contributed by atoms with Crippen LogP contribution in [0, 0.1) is 5.92 Å². The fraction of sp³-hybridized carbons (Fsp3) is 0.500. The maximum absolute atomic E-state index is 11.3. The first kappa shape index (κ1) is 13.7. The summed E-state index contributed by atoms with van der Waals surface area (Å²) in [6.45, 7) is 5.05. The molecule has 1 unspecified atom stereocenters. The normalized spacial score (nSPS) is 12.6. The monoisotopic (exact) mass is 234 g/mol. The summed E-state index contributed by atoms with van der Waals surface area (Å²) in [7, 11) is 0. The summed E-state index contributed by atoms with van der Waals surface area (Å²) in [4.78, 5) is 11.3. The maximum Gasteiger partial charge on any atom is 0.234 e. The lowest BCUT2D eigenvalue weighted by Gasteiger charge is -2.16. The maximum atomic E-state index is 11.3. The Morgan fingerprint density at radius 1 is 1.29 bits per heavy atom. The Morgan fingerprint density at radius 2 is 1.94 bits per heavy atom. The molecule has 0 aliphatic heterocycles. The Bertz CT molecular complexity index is 335. The van der Waals surface area contributed by atoms with Gasteiger partial charge in [0.05, 0.1) is 6.04 Å². The van der Waals surface area contributed by atoms with Gasteiger partial charge in [-0.05, 0) is 30.9 Å². The second-order valence-electron chi connectivity index (χ2n) is 4.78. The Morgan fingerprint density at radius 3 is 2.47 bits per heavy atom. The van der Waals surface area contributed by atoms with E-state index in [9.17, 15) is 4.79 Å². The molecule has 94 valence electrons.